The number of fused-ring (bicyclic) bond motifs is 5. The molecule has 0 aromatic carbocycles. The van der Waals surface area contributed by atoms with Crippen molar-refractivity contribution in [2.45, 2.75) is 111 Å². The molecule has 1 heterocycles. The molecule has 5 rings (SSSR count). The molecule has 1 N–H and O–H groups in total. The predicted octanol–water partition coefficient (Wildman–Crippen LogP) is 4.60. The van der Waals surface area contributed by atoms with E-state index in [4.69, 9.17) is 18.6 Å². The number of Topliss-reactive ketones (excluding diaryl/α,β-unsaturated/α-hetero) is 1. The minimum Gasteiger partial charge on any atom is -0.472 e. The molecule has 4 fully saturated rings. The molecule has 4 aliphatic carbocycles. The SMILES string of the molecule is CC(=O)O[C@H]1[C@@H](O)[C@]2(C)[C@H](CC[C@]3(C)[C@H]2C(=O)C[C@H]3c2ccoc2)[C@@]2(C)[C@@H](OC(C)=O)C[C@@H](OC(C)=O)C(C)(C)[C@H]12. The summed E-state index contributed by atoms with van der Waals surface area (Å²) in [6.45, 7) is 14.1. The first-order chi connectivity index (χ1) is 19.0. The molecule has 0 bridgehead atoms. The van der Waals surface area contributed by atoms with Gasteiger partial charge in [-0.2, -0.15) is 0 Å². The van der Waals surface area contributed by atoms with Gasteiger partial charge in [-0.05, 0) is 41.7 Å². The number of esters is 3. The number of hydrogen-bond donors (Lipinski definition) is 1. The Labute approximate surface area is 241 Å². The molecule has 9 nitrogen and oxygen atoms in total. The van der Waals surface area contributed by atoms with Crippen molar-refractivity contribution >= 4 is 23.7 Å². The molecule has 0 radical (unpaired) electrons. The molecule has 0 aliphatic heterocycles. The van der Waals surface area contributed by atoms with Gasteiger partial charge in [0.05, 0.1) is 18.6 Å². The van der Waals surface area contributed by atoms with Gasteiger partial charge in [-0.3, -0.25) is 19.2 Å². The van der Waals surface area contributed by atoms with Crippen molar-refractivity contribution in [3.05, 3.63) is 24.2 Å². The summed E-state index contributed by atoms with van der Waals surface area (Å²) in [6, 6.07) is 1.91. The van der Waals surface area contributed by atoms with E-state index in [2.05, 4.69) is 13.8 Å². The number of aliphatic hydroxyl groups is 1. The van der Waals surface area contributed by atoms with Crippen molar-refractivity contribution < 1.29 is 42.9 Å². The van der Waals surface area contributed by atoms with Gasteiger partial charge in [0.15, 0.2) is 0 Å². The first-order valence-corrected chi connectivity index (χ1v) is 14.7. The third-order valence-electron chi connectivity index (χ3n) is 11.8. The zero-order chi connectivity index (χ0) is 30.3. The van der Waals surface area contributed by atoms with Crippen molar-refractivity contribution in [2.75, 3.05) is 0 Å². The van der Waals surface area contributed by atoms with Gasteiger partial charge in [0.1, 0.15) is 24.1 Å². The number of ether oxygens (including phenoxy) is 3. The fraction of sp³-hybridized carbons (Fsp3) is 0.750. The maximum atomic E-state index is 14.1. The molecule has 1 aromatic rings. The molecule has 0 unspecified atom stereocenters. The Kier molecular flexibility index (Phi) is 7.03. The van der Waals surface area contributed by atoms with E-state index < -0.39 is 75.8 Å². The van der Waals surface area contributed by atoms with Gasteiger partial charge in [-0.25, -0.2) is 0 Å². The van der Waals surface area contributed by atoms with E-state index in [0.29, 0.717) is 12.8 Å². The monoisotopic (exact) mass is 572 g/mol. The lowest BCUT2D eigenvalue weighted by atomic mass is 9.34. The van der Waals surface area contributed by atoms with Gasteiger partial charge in [0.2, 0.25) is 0 Å². The standard InChI is InChI=1S/C32H44O9/c1-16(33)39-23-14-24(40-17(2)34)31(7)22-9-11-30(6)20(19-10-12-38-15-19)13-21(36)26(30)32(22,8)28(37)25(41-18(3)35)27(31)29(23,4)5/h10,12,15,20,22-28,37H,9,11,13-14H2,1-8H3/t20-,22+,23+,24-,25+,26+,27-,28+,30-,31-,32+/m0/s1. The van der Waals surface area contributed by atoms with E-state index in [-0.39, 0.29) is 24.0 Å². The van der Waals surface area contributed by atoms with Crippen LogP contribution in [0.15, 0.2) is 23.0 Å². The maximum Gasteiger partial charge on any atom is 0.303 e. The summed E-state index contributed by atoms with van der Waals surface area (Å²) in [5.74, 6) is -2.80. The molecular formula is C32H44O9. The number of ketones is 1. The molecule has 0 spiro atoms. The Hall–Kier alpha value is -2.68. The molecule has 9 heteroatoms. The van der Waals surface area contributed by atoms with Crippen LogP contribution in [0.25, 0.3) is 0 Å². The van der Waals surface area contributed by atoms with Crippen LogP contribution in [0.4, 0.5) is 0 Å². The molecular weight excluding hydrogens is 528 g/mol. The summed E-state index contributed by atoms with van der Waals surface area (Å²) >= 11 is 0. The molecule has 0 amide bonds. The third-order valence-corrected chi connectivity index (χ3v) is 11.8. The highest BCUT2D eigenvalue weighted by molar-refractivity contribution is 5.87. The van der Waals surface area contributed by atoms with Gasteiger partial charge >= 0.3 is 17.9 Å². The van der Waals surface area contributed by atoms with E-state index in [1.54, 1.807) is 12.5 Å². The van der Waals surface area contributed by atoms with Crippen LogP contribution >= 0.6 is 0 Å². The molecule has 4 saturated carbocycles. The highest BCUT2D eigenvalue weighted by Gasteiger charge is 2.77. The summed E-state index contributed by atoms with van der Waals surface area (Å²) in [6.07, 6.45) is 1.78. The number of carbonyl (C=O) groups is 4. The third kappa shape index (κ3) is 4.12. The van der Waals surface area contributed by atoms with Crippen LogP contribution in [0, 0.1) is 39.4 Å². The Morgan fingerprint density at radius 3 is 2.10 bits per heavy atom. The summed E-state index contributed by atoms with van der Waals surface area (Å²) in [4.78, 5) is 51.4. The summed E-state index contributed by atoms with van der Waals surface area (Å²) in [7, 11) is 0. The number of aliphatic hydroxyl groups excluding tert-OH is 1. The lowest BCUT2D eigenvalue weighted by Crippen LogP contribution is -2.76. The van der Waals surface area contributed by atoms with E-state index in [1.165, 1.54) is 20.8 Å². The maximum absolute atomic E-state index is 14.1. The van der Waals surface area contributed by atoms with Crippen LogP contribution in [0.3, 0.4) is 0 Å². The molecule has 1 aromatic heterocycles. The van der Waals surface area contributed by atoms with Crippen molar-refractivity contribution in [3.8, 4) is 0 Å². The summed E-state index contributed by atoms with van der Waals surface area (Å²) < 4.78 is 23.3. The quantitative estimate of drug-likeness (QED) is 0.406. The zero-order valence-corrected chi connectivity index (χ0v) is 25.4. The van der Waals surface area contributed by atoms with E-state index in [9.17, 15) is 24.3 Å². The summed E-state index contributed by atoms with van der Waals surface area (Å²) in [5.41, 5.74) is -2.05. The van der Waals surface area contributed by atoms with Crippen LogP contribution in [0.5, 0.6) is 0 Å². The van der Waals surface area contributed by atoms with Crippen LogP contribution in [0.2, 0.25) is 0 Å². The second-order valence-corrected chi connectivity index (χ2v) is 14.3. The summed E-state index contributed by atoms with van der Waals surface area (Å²) in [5, 5.41) is 12.4. The highest BCUT2D eigenvalue weighted by atomic mass is 16.6. The molecule has 0 saturated heterocycles. The minimum atomic E-state index is -1.18. The Morgan fingerprint density at radius 1 is 0.927 bits per heavy atom. The average molecular weight is 573 g/mol. The Balaban J connectivity index is 1.71. The van der Waals surface area contributed by atoms with Gasteiger partial charge < -0.3 is 23.7 Å². The Bertz CT molecular complexity index is 1240. The first-order valence-electron chi connectivity index (χ1n) is 14.7. The van der Waals surface area contributed by atoms with Gasteiger partial charge in [0, 0.05) is 61.7 Å². The smallest absolute Gasteiger partial charge is 0.303 e. The minimum absolute atomic E-state index is 0.0677. The fourth-order valence-electron chi connectivity index (χ4n) is 10.6. The molecule has 41 heavy (non-hydrogen) atoms. The lowest BCUT2D eigenvalue weighted by Gasteiger charge is -2.71. The van der Waals surface area contributed by atoms with Gasteiger partial charge in [0.25, 0.3) is 0 Å². The molecule has 11 atom stereocenters. The van der Waals surface area contributed by atoms with Crippen LogP contribution < -0.4 is 0 Å². The van der Waals surface area contributed by atoms with E-state index in [1.807, 2.05) is 26.8 Å². The van der Waals surface area contributed by atoms with E-state index >= 15 is 0 Å². The predicted molar refractivity (Wildman–Crippen MR) is 146 cm³/mol. The van der Waals surface area contributed by atoms with E-state index in [0.717, 1.165) is 12.0 Å². The van der Waals surface area contributed by atoms with Gasteiger partial charge in [-0.15, -0.1) is 0 Å². The van der Waals surface area contributed by atoms with Crippen molar-refractivity contribution in [2.24, 2.45) is 39.4 Å². The largest absolute Gasteiger partial charge is 0.472 e. The number of furan rings is 1. The number of carbonyl (C=O) groups excluding carboxylic acids is 4. The lowest BCUT2D eigenvalue weighted by molar-refractivity contribution is -0.314. The topological polar surface area (TPSA) is 129 Å². The van der Waals surface area contributed by atoms with Gasteiger partial charge in [-0.1, -0.05) is 34.6 Å². The van der Waals surface area contributed by atoms with Crippen molar-refractivity contribution in [3.63, 3.8) is 0 Å². The van der Waals surface area contributed by atoms with Crippen LogP contribution in [0.1, 0.15) is 92.6 Å². The normalized spacial score (nSPS) is 44.7. The molecule has 4 aliphatic rings. The van der Waals surface area contributed by atoms with Crippen molar-refractivity contribution in [1.29, 1.82) is 0 Å². The van der Waals surface area contributed by atoms with Crippen molar-refractivity contribution in [1.82, 2.24) is 0 Å². The second-order valence-electron chi connectivity index (χ2n) is 14.3. The first kappa shape index (κ1) is 29.8. The fourth-order valence-corrected chi connectivity index (χ4v) is 10.6. The number of rotatable bonds is 4. The number of hydrogen-bond acceptors (Lipinski definition) is 9. The molecule has 226 valence electrons. The zero-order valence-electron chi connectivity index (χ0n) is 25.4. The Morgan fingerprint density at radius 2 is 1.54 bits per heavy atom. The highest BCUT2D eigenvalue weighted by Crippen LogP contribution is 2.75. The van der Waals surface area contributed by atoms with Crippen LogP contribution in [-0.2, 0) is 33.4 Å². The second kappa shape index (κ2) is 9.68. The average Bonchev–Trinajstić information content (AvgIpc) is 3.46. The van der Waals surface area contributed by atoms with Crippen LogP contribution in [-0.4, -0.2) is 53.2 Å².